The van der Waals surface area contributed by atoms with Crippen LogP contribution in [0.3, 0.4) is 0 Å². The van der Waals surface area contributed by atoms with Crippen LogP contribution in [0.4, 0.5) is 0 Å². The Morgan fingerprint density at radius 3 is 2.38 bits per heavy atom. The first-order valence-electron chi connectivity index (χ1n) is 8.40. The minimum atomic E-state index is -0.0958. The van der Waals surface area contributed by atoms with E-state index in [1.165, 1.54) is 0 Å². The van der Waals surface area contributed by atoms with Gasteiger partial charge in [0.1, 0.15) is 0 Å². The highest BCUT2D eigenvalue weighted by Gasteiger charge is 2.26. The van der Waals surface area contributed by atoms with Gasteiger partial charge in [0.25, 0.3) is 11.8 Å². The summed E-state index contributed by atoms with van der Waals surface area (Å²) in [5.74, 6) is -0.132. The molecule has 1 N–H and O–H groups in total. The molecule has 1 saturated heterocycles. The zero-order valence-electron chi connectivity index (χ0n) is 14.0. The van der Waals surface area contributed by atoms with Crippen LogP contribution in [0, 0.1) is 0 Å². The van der Waals surface area contributed by atoms with Crippen LogP contribution in [0.1, 0.15) is 20.7 Å². The van der Waals surface area contributed by atoms with Crippen molar-refractivity contribution in [3.8, 4) is 0 Å². The number of carbonyl (C=O) groups is 2. The molecule has 7 heteroatoms. The van der Waals surface area contributed by atoms with Crippen LogP contribution in [0.5, 0.6) is 0 Å². The second kappa shape index (κ2) is 6.80. The number of imidazole rings is 1. The summed E-state index contributed by atoms with van der Waals surface area (Å²) in [5, 5.41) is 0.448. The SMILES string of the molecule is O=C(c1ccc2nc[nH]c2c1)N1CCN(C(=O)c2ccccc2Cl)CC1. The molecule has 0 atom stereocenters. The minimum absolute atomic E-state index is 0.0358. The standard InChI is InChI=1S/C19H17ClN4O2/c20-15-4-2-1-3-14(15)19(26)24-9-7-23(8-10-24)18(25)13-5-6-16-17(11-13)22-12-21-16/h1-6,11-12H,7-10H2,(H,21,22). The van der Waals surface area contributed by atoms with Gasteiger partial charge in [-0.25, -0.2) is 4.98 Å². The lowest BCUT2D eigenvalue weighted by Gasteiger charge is -2.35. The van der Waals surface area contributed by atoms with E-state index in [-0.39, 0.29) is 11.8 Å². The normalized spacial score (nSPS) is 14.7. The van der Waals surface area contributed by atoms with Crippen molar-refractivity contribution >= 4 is 34.4 Å². The molecule has 0 unspecified atom stereocenters. The van der Waals surface area contributed by atoms with Crippen molar-refractivity contribution in [2.75, 3.05) is 26.2 Å². The lowest BCUT2D eigenvalue weighted by molar-refractivity contribution is 0.0535. The smallest absolute Gasteiger partial charge is 0.255 e. The van der Waals surface area contributed by atoms with Crippen LogP contribution < -0.4 is 0 Å². The molecule has 2 heterocycles. The number of carbonyl (C=O) groups excluding carboxylic acids is 2. The fourth-order valence-electron chi connectivity index (χ4n) is 3.17. The van der Waals surface area contributed by atoms with Gasteiger partial charge >= 0.3 is 0 Å². The molecule has 2 aromatic carbocycles. The van der Waals surface area contributed by atoms with E-state index >= 15 is 0 Å². The van der Waals surface area contributed by atoms with Gasteiger partial charge in [-0.1, -0.05) is 23.7 Å². The molecule has 0 radical (unpaired) electrons. The van der Waals surface area contributed by atoms with Gasteiger partial charge in [0.05, 0.1) is 27.9 Å². The van der Waals surface area contributed by atoms with E-state index in [1.807, 2.05) is 12.1 Å². The van der Waals surface area contributed by atoms with Crippen molar-refractivity contribution in [2.24, 2.45) is 0 Å². The van der Waals surface area contributed by atoms with E-state index in [1.54, 1.807) is 46.5 Å². The number of hydrogen-bond donors (Lipinski definition) is 1. The number of H-pyrrole nitrogens is 1. The molecule has 26 heavy (non-hydrogen) atoms. The predicted molar refractivity (Wildman–Crippen MR) is 99.4 cm³/mol. The van der Waals surface area contributed by atoms with Gasteiger partial charge in [-0.15, -0.1) is 0 Å². The van der Waals surface area contributed by atoms with Gasteiger partial charge < -0.3 is 14.8 Å². The monoisotopic (exact) mass is 368 g/mol. The van der Waals surface area contributed by atoms with Crippen molar-refractivity contribution in [2.45, 2.75) is 0 Å². The number of amides is 2. The van der Waals surface area contributed by atoms with Gasteiger partial charge in [0, 0.05) is 31.7 Å². The van der Waals surface area contributed by atoms with Gasteiger partial charge in [0.2, 0.25) is 0 Å². The molecule has 1 aliphatic rings. The number of rotatable bonds is 2. The first kappa shape index (κ1) is 16.6. The Morgan fingerprint density at radius 2 is 1.65 bits per heavy atom. The second-order valence-corrected chi connectivity index (χ2v) is 6.61. The van der Waals surface area contributed by atoms with Crippen LogP contribution in [0.25, 0.3) is 11.0 Å². The number of aromatic amines is 1. The van der Waals surface area contributed by atoms with Crippen LogP contribution in [0.2, 0.25) is 5.02 Å². The summed E-state index contributed by atoms with van der Waals surface area (Å²) < 4.78 is 0. The molecule has 0 aliphatic carbocycles. The van der Waals surface area contributed by atoms with E-state index in [0.717, 1.165) is 11.0 Å². The summed E-state index contributed by atoms with van der Waals surface area (Å²) in [6, 6.07) is 12.5. The Hall–Kier alpha value is -2.86. The van der Waals surface area contributed by atoms with Crippen molar-refractivity contribution in [1.29, 1.82) is 0 Å². The zero-order valence-corrected chi connectivity index (χ0v) is 14.7. The molecule has 3 aromatic rings. The first-order valence-corrected chi connectivity index (χ1v) is 8.77. The average Bonchev–Trinajstić information content (AvgIpc) is 3.15. The molecule has 4 rings (SSSR count). The number of benzene rings is 2. The molecule has 6 nitrogen and oxygen atoms in total. The van der Waals surface area contributed by atoms with Crippen molar-refractivity contribution < 1.29 is 9.59 Å². The predicted octanol–water partition coefficient (Wildman–Crippen LogP) is 2.81. The molecule has 0 spiro atoms. The maximum absolute atomic E-state index is 12.7. The Morgan fingerprint density at radius 1 is 0.962 bits per heavy atom. The maximum Gasteiger partial charge on any atom is 0.255 e. The third kappa shape index (κ3) is 3.04. The summed E-state index contributed by atoms with van der Waals surface area (Å²) in [7, 11) is 0. The largest absolute Gasteiger partial charge is 0.345 e. The number of hydrogen-bond acceptors (Lipinski definition) is 3. The Bertz CT molecular complexity index is 976. The Balaban J connectivity index is 1.43. The van der Waals surface area contributed by atoms with Crippen molar-refractivity contribution in [3.63, 3.8) is 0 Å². The fourth-order valence-corrected chi connectivity index (χ4v) is 3.39. The molecular formula is C19H17ClN4O2. The summed E-state index contributed by atoms with van der Waals surface area (Å²) >= 11 is 6.12. The average molecular weight is 369 g/mol. The third-order valence-corrected chi connectivity index (χ3v) is 4.96. The number of nitrogens with one attached hydrogen (secondary N) is 1. The number of fused-ring (bicyclic) bond motifs is 1. The van der Waals surface area contributed by atoms with Crippen LogP contribution >= 0.6 is 11.6 Å². The summed E-state index contributed by atoms with van der Waals surface area (Å²) in [6.45, 7) is 1.97. The molecule has 1 aliphatic heterocycles. The van der Waals surface area contributed by atoms with Crippen LogP contribution in [0.15, 0.2) is 48.8 Å². The summed E-state index contributed by atoms with van der Waals surface area (Å²) in [6.07, 6.45) is 1.61. The third-order valence-electron chi connectivity index (χ3n) is 4.63. The number of piperazine rings is 1. The van der Waals surface area contributed by atoms with Crippen LogP contribution in [-0.4, -0.2) is 57.8 Å². The summed E-state index contributed by atoms with van der Waals surface area (Å²) in [4.78, 5) is 36.0. The topological polar surface area (TPSA) is 69.3 Å². The van der Waals surface area contributed by atoms with Gasteiger partial charge in [-0.2, -0.15) is 0 Å². The fraction of sp³-hybridized carbons (Fsp3) is 0.211. The van der Waals surface area contributed by atoms with E-state index in [0.29, 0.717) is 42.3 Å². The van der Waals surface area contributed by atoms with Crippen molar-refractivity contribution in [1.82, 2.24) is 19.8 Å². The molecule has 0 saturated carbocycles. The number of aromatic nitrogens is 2. The highest BCUT2D eigenvalue weighted by molar-refractivity contribution is 6.33. The highest BCUT2D eigenvalue weighted by Crippen LogP contribution is 2.19. The van der Waals surface area contributed by atoms with Gasteiger partial charge in [-0.3, -0.25) is 9.59 Å². The lowest BCUT2D eigenvalue weighted by Crippen LogP contribution is -2.50. The Labute approximate surface area is 155 Å². The number of nitrogens with zero attached hydrogens (tertiary/aromatic N) is 3. The maximum atomic E-state index is 12.7. The van der Waals surface area contributed by atoms with Gasteiger partial charge in [0.15, 0.2) is 0 Å². The minimum Gasteiger partial charge on any atom is -0.345 e. The first-order chi connectivity index (χ1) is 12.6. The summed E-state index contributed by atoms with van der Waals surface area (Å²) in [5.41, 5.74) is 2.78. The lowest BCUT2D eigenvalue weighted by atomic mass is 10.1. The second-order valence-electron chi connectivity index (χ2n) is 6.20. The van der Waals surface area contributed by atoms with E-state index in [2.05, 4.69) is 9.97 Å². The van der Waals surface area contributed by atoms with Crippen molar-refractivity contribution in [3.05, 3.63) is 64.9 Å². The molecule has 1 fully saturated rings. The van der Waals surface area contributed by atoms with E-state index in [4.69, 9.17) is 11.6 Å². The quantitative estimate of drug-likeness (QED) is 0.756. The van der Waals surface area contributed by atoms with Gasteiger partial charge in [-0.05, 0) is 30.3 Å². The Kier molecular flexibility index (Phi) is 4.34. The van der Waals surface area contributed by atoms with Crippen LogP contribution in [-0.2, 0) is 0 Å². The zero-order chi connectivity index (χ0) is 18.1. The molecule has 2 amide bonds. The number of halogens is 1. The van der Waals surface area contributed by atoms with E-state index < -0.39 is 0 Å². The highest BCUT2D eigenvalue weighted by atomic mass is 35.5. The molecule has 0 bridgehead atoms. The molecule has 1 aromatic heterocycles. The molecule has 132 valence electrons. The van der Waals surface area contributed by atoms with E-state index in [9.17, 15) is 9.59 Å². The molecular weight excluding hydrogens is 352 g/mol.